The van der Waals surface area contributed by atoms with E-state index >= 15 is 0 Å². The number of aromatic nitrogens is 1. The van der Waals surface area contributed by atoms with Gasteiger partial charge in [-0.05, 0) is 31.5 Å². The predicted octanol–water partition coefficient (Wildman–Crippen LogP) is 3.24. The number of anilines is 1. The monoisotopic (exact) mass is 243 g/mol. The fraction of sp³-hybridized carbons (Fsp3) is 0.231. The van der Waals surface area contributed by atoms with Crippen LogP contribution in [0.4, 0.5) is 5.69 Å². The number of rotatable bonds is 3. The number of benzene rings is 1. The molecule has 0 spiro atoms. The Labute approximate surface area is 105 Å². The van der Waals surface area contributed by atoms with Crippen LogP contribution >= 0.6 is 11.3 Å². The van der Waals surface area contributed by atoms with Crippen LogP contribution in [0.25, 0.3) is 0 Å². The van der Waals surface area contributed by atoms with Gasteiger partial charge in [0.1, 0.15) is 11.1 Å². The summed E-state index contributed by atoms with van der Waals surface area (Å²) in [5.41, 5.74) is 3.72. The van der Waals surface area contributed by atoms with Crippen molar-refractivity contribution in [3.05, 3.63) is 45.4 Å². The van der Waals surface area contributed by atoms with Gasteiger partial charge in [0.25, 0.3) is 0 Å². The molecule has 0 aliphatic heterocycles. The maximum Gasteiger partial charge on any atom is 0.112 e. The van der Waals surface area contributed by atoms with Crippen LogP contribution in [-0.4, -0.2) is 4.98 Å². The summed E-state index contributed by atoms with van der Waals surface area (Å²) in [5.74, 6) is 0. The molecular weight excluding hydrogens is 230 g/mol. The Hall–Kier alpha value is -1.86. The van der Waals surface area contributed by atoms with Crippen molar-refractivity contribution < 1.29 is 0 Å². The maximum atomic E-state index is 9.01. The summed E-state index contributed by atoms with van der Waals surface area (Å²) in [7, 11) is 0. The molecule has 0 saturated heterocycles. The third-order valence-corrected chi connectivity index (χ3v) is 3.36. The van der Waals surface area contributed by atoms with E-state index < -0.39 is 0 Å². The largest absolute Gasteiger partial charge is 0.377 e. The Kier molecular flexibility index (Phi) is 3.40. The van der Waals surface area contributed by atoms with E-state index in [0.717, 1.165) is 22.0 Å². The van der Waals surface area contributed by atoms with Crippen molar-refractivity contribution in [3.63, 3.8) is 0 Å². The highest BCUT2D eigenvalue weighted by atomic mass is 32.1. The van der Waals surface area contributed by atoms with Gasteiger partial charge in [-0.1, -0.05) is 6.07 Å². The summed E-state index contributed by atoms with van der Waals surface area (Å²) in [5, 5.41) is 15.3. The van der Waals surface area contributed by atoms with E-state index in [1.165, 1.54) is 0 Å². The first-order chi connectivity index (χ1) is 8.19. The smallest absolute Gasteiger partial charge is 0.112 e. The normalized spacial score (nSPS) is 9.94. The molecule has 0 atom stereocenters. The molecule has 1 aromatic heterocycles. The van der Waals surface area contributed by atoms with E-state index in [1.807, 2.05) is 37.4 Å². The highest BCUT2D eigenvalue weighted by Crippen LogP contribution is 2.18. The van der Waals surface area contributed by atoms with Gasteiger partial charge in [-0.3, -0.25) is 0 Å². The molecule has 1 N–H and O–H groups in total. The molecule has 0 radical (unpaired) electrons. The van der Waals surface area contributed by atoms with Crippen LogP contribution < -0.4 is 5.32 Å². The van der Waals surface area contributed by atoms with Gasteiger partial charge >= 0.3 is 0 Å². The summed E-state index contributed by atoms with van der Waals surface area (Å²) in [4.78, 5) is 4.38. The molecule has 1 heterocycles. The third-order valence-electron chi connectivity index (χ3n) is 2.39. The number of nitriles is 1. The van der Waals surface area contributed by atoms with Gasteiger partial charge in [0, 0.05) is 11.1 Å². The summed E-state index contributed by atoms with van der Waals surface area (Å²) in [6.07, 6.45) is 0. The first-order valence-electron chi connectivity index (χ1n) is 5.34. The standard InChI is InChI=1S/C13H13N3S/c1-9-3-4-11(6-14)12(5-9)15-7-13-16-10(2)8-17-13/h3-5,8,15H,7H2,1-2H3. The van der Waals surface area contributed by atoms with Crippen LogP contribution in [-0.2, 0) is 6.54 Å². The van der Waals surface area contributed by atoms with E-state index in [1.54, 1.807) is 11.3 Å². The van der Waals surface area contributed by atoms with Crippen LogP contribution in [0.5, 0.6) is 0 Å². The Bertz CT molecular complexity index is 566. The third kappa shape index (κ3) is 2.83. The Balaban J connectivity index is 2.13. The molecule has 0 saturated carbocycles. The van der Waals surface area contributed by atoms with Crippen LogP contribution in [0.3, 0.4) is 0 Å². The van der Waals surface area contributed by atoms with Crippen molar-refractivity contribution in [1.29, 1.82) is 5.26 Å². The quantitative estimate of drug-likeness (QED) is 0.900. The van der Waals surface area contributed by atoms with Crippen molar-refractivity contribution in [1.82, 2.24) is 4.98 Å². The van der Waals surface area contributed by atoms with Crippen molar-refractivity contribution in [2.24, 2.45) is 0 Å². The Morgan fingerprint density at radius 3 is 2.88 bits per heavy atom. The molecule has 0 aliphatic carbocycles. The molecule has 0 aliphatic rings. The molecule has 1 aromatic carbocycles. The van der Waals surface area contributed by atoms with Crippen LogP contribution in [0.1, 0.15) is 21.8 Å². The lowest BCUT2D eigenvalue weighted by atomic mass is 10.1. The maximum absolute atomic E-state index is 9.01. The Morgan fingerprint density at radius 2 is 2.24 bits per heavy atom. The second-order valence-corrected chi connectivity index (χ2v) is 4.84. The number of hydrogen-bond acceptors (Lipinski definition) is 4. The second-order valence-electron chi connectivity index (χ2n) is 3.90. The highest BCUT2D eigenvalue weighted by molar-refractivity contribution is 7.09. The second kappa shape index (κ2) is 4.98. The van der Waals surface area contributed by atoms with Crippen LogP contribution in [0.2, 0.25) is 0 Å². The van der Waals surface area contributed by atoms with E-state index in [9.17, 15) is 0 Å². The van der Waals surface area contributed by atoms with Gasteiger partial charge < -0.3 is 5.32 Å². The van der Waals surface area contributed by atoms with Crippen LogP contribution in [0.15, 0.2) is 23.6 Å². The van der Waals surface area contributed by atoms with Gasteiger partial charge in [0.05, 0.1) is 17.8 Å². The zero-order chi connectivity index (χ0) is 12.3. The SMILES string of the molecule is Cc1ccc(C#N)c(NCc2nc(C)cs2)c1. The number of aryl methyl sites for hydroxylation is 2. The predicted molar refractivity (Wildman–Crippen MR) is 70.1 cm³/mol. The topological polar surface area (TPSA) is 48.7 Å². The van der Waals surface area contributed by atoms with Gasteiger partial charge in [-0.15, -0.1) is 11.3 Å². The average Bonchev–Trinajstić information content (AvgIpc) is 2.73. The first-order valence-corrected chi connectivity index (χ1v) is 6.22. The molecule has 0 unspecified atom stereocenters. The fourth-order valence-electron chi connectivity index (χ4n) is 1.56. The molecule has 0 bridgehead atoms. The minimum atomic E-state index is 0.663. The molecular formula is C13H13N3S. The van der Waals surface area contributed by atoms with E-state index in [-0.39, 0.29) is 0 Å². The summed E-state index contributed by atoms with van der Waals surface area (Å²) >= 11 is 1.63. The minimum Gasteiger partial charge on any atom is -0.377 e. The van der Waals surface area contributed by atoms with Crippen molar-refractivity contribution in [2.75, 3.05) is 5.32 Å². The summed E-state index contributed by atoms with van der Waals surface area (Å²) in [6, 6.07) is 7.95. The van der Waals surface area contributed by atoms with Gasteiger partial charge in [0.2, 0.25) is 0 Å². The minimum absolute atomic E-state index is 0.663. The van der Waals surface area contributed by atoms with Crippen molar-refractivity contribution in [3.8, 4) is 6.07 Å². The zero-order valence-electron chi connectivity index (χ0n) is 9.82. The molecule has 86 valence electrons. The lowest BCUT2D eigenvalue weighted by Crippen LogP contribution is -2.01. The number of nitrogens with zero attached hydrogens (tertiary/aromatic N) is 2. The average molecular weight is 243 g/mol. The van der Waals surface area contributed by atoms with Crippen molar-refractivity contribution in [2.45, 2.75) is 20.4 Å². The van der Waals surface area contributed by atoms with Gasteiger partial charge in [-0.2, -0.15) is 5.26 Å². The fourth-order valence-corrected chi connectivity index (χ4v) is 2.27. The summed E-state index contributed by atoms with van der Waals surface area (Å²) in [6.45, 7) is 4.66. The Morgan fingerprint density at radius 1 is 1.41 bits per heavy atom. The molecule has 0 amide bonds. The van der Waals surface area contributed by atoms with Gasteiger partial charge in [-0.25, -0.2) is 4.98 Å². The van der Waals surface area contributed by atoms with E-state index in [0.29, 0.717) is 12.1 Å². The molecule has 4 heteroatoms. The van der Waals surface area contributed by atoms with Gasteiger partial charge in [0.15, 0.2) is 0 Å². The van der Waals surface area contributed by atoms with E-state index in [4.69, 9.17) is 5.26 Å². The molecule has 17 heavy (non-hydrogen) atoms. The molecule has 2 aromatic rings. The number of thiazole rings is 1. The molecule has 0 fully saturated rings. The van der Waals surface area contributed by atoms with E-state index in [2.05, 4.69) is 16.4 Å². The summed E-state index contributed by atoms with van der Waals surface area (Å²) < 4.78 is 0. The molecule has 3 nitrogen and oxygen atoms in total. The first kappa shape index (κ1) is 11.6. The highest BCUT2D eigenvalue weighted by Gasteiger charge is 2.03. The molecule has 2 rings (SSSR count). The lowest BCUT2D eigenvalue weighted by molar-refractivity contribution is 1.07. The number of hydrogen-bond donors (Lipinski definition) is 1. The lowest BCUT2D eigenvalue weighted by Gasteiger charge is -2.07. The van der Waals surface area contributed by atoms with Crippen molar-refractivity contribution >= 4 is 17.0 Å². The number of nitrogens with one attached hydrogen (secondary N) is 1. The van der Waals surface area contributed by atoms with Crippen LogP contribution in [0, 0.1) is 25.2 Å². The zero-order valence-corrected chi connectivity index (χ0v) is 10.6.